The molecule has 0 radical (unpaired) electrons. The molecule has 1 aliphatic rings. The molecule has 0 bridgehead atoms. The van der Waals surface area contributed by atoms with Crippen molar-refractivity contribution in [2.24, 2.45) is 0 Å². The fourth-order valence-corrected chi connectivity index (χ4v) is 3.61. The Hall–Kier alpha value is -3.84. The molecular weight excluding hydrogens is 447 g/mol. The van der Waals surface area contributed by atoms with Crippen LogP contribution in [0.3, 0.4) is 0 Å². The lowest BCUT2D eigenvalue weighted by Gasteiger charge is -2.15. The Morgan fingerprint density at radius 3 is 2.55 bits per heavy atom. The van der Waals surface area contributed by atoms with Gasteiger partial charge in [0.05, 0.1) is 17.3 Å². The van der Waals surface area contributed by atoms with Gasteiger partial charge in [0.2, 0.25) is 0 Å². The van der Waals surface area contributed by atoms with Crippen molar-refractivity contribution in [2.75, 3.05) is 11.6 Å². The van der Waals surface area contributed by atoms with Crippen LogP contribution in [0.25, 0.3) is 6.08 Å². The van der Waals surface area contributed by atoms with Crippen molar-refractivity contribution in [1.82, 2.24) is 5.43 Å². The first-order valence-electron chi connectivity index (χ1n) is 10.2. The third-order valence-electron chi connectivity index (χ3n) is 4.82. The van der Waals surface area contributed by atoms with Gasteiger partial charge in [-0.3, -0.25) is 15.0 Å². The SMILES string of the molecule is CCOc1cc(/C=C2/C(=O)NN(c3ccccc3)C2=O)cc(Cl)c1OCc1cccc(F)c1. The van der Waals surface area contributed by atoms with Crippen LogP contribution in [0.5, 0.6) is 11.5 Å². The number of nitrogens with zero attached hydrogens (tertiary/aromatic N) is 1. The van der Waals surface area contributed by atoms with E-state index in [1.165, 1.54) is 23.2 Å². The Balaban J connectivity index is 1.61. The first kappa shape index (κ1) is 22.4. The number of hydrazine groups is 1. The fraction of sp³-hybridized carbons (Fsp3) is 0.120. The second kappa shape index (κ2) is 9.75. The van der Waals surface area contributed by atoms with Crippen LogP contribution in [0.1, 0.15) is 18.1 Å². The lowest BCUT2D eigenvalue weighted by Crippen LogP contribution is -2.35. The summed E-state index contributed by atoms with van der Waals surface area (Å²) in [4.78, 5) is 25.3. The number of hydrogen-bond donors (Lipinski definition) is 1. The van der Waals surface area contributed by atoms with Gasteiger partial charge in [-0.25, -0.2) is 9.40 Å². The van der Waals surface area contributed by atoms with Crippen molar-refractivity contribution in [3.63, 3.8) is 0 Å². The summed E-state index contributed by atoms with van der Waals surface area (Å²) in [6, 6.07) is 18.1. The van der Waals surface area contributed by atoms with Gasteiger partial charge in [-0.05, 0) is 60.5 Å². The van der Waals surface area contributed by atoms with Crippen molar-refractivity contribution < 1.29 is 23.5 Å². The van der Waals surface area contributed by atoms with Gasteiger partial charge in [0.1, 0.15) is 18.0 Å². The average molecular weight is 467 g/mol. The number of rotatable bonds is 7. The summed E-state index contributed by atoms with van der Waals surface area (Å²) in [5.41, 5.74) is 4.20. The van der Waals surface area contributed by atoms with Gasteiger partial charge in [-0.15, -0.1) is 0 Å². The van der Waals surface area contributed by atoms with Crippen LogP contribution >= 0.6 is 11.6 Å². The first-order valence-corrected chi connectivity index (χ1v) is 10.6. The molecule has 1 N–H and O–H groups in total. The predicted octanol–water partition coefficient (Wildman–Crippen LogP) is 4.92. The van der Waals surface area contributed by atoms with Gasteiger partial charge >= 0.3 is 0 Å². The highest BCUT2D eigenvalue weighted by atomic mass is 35.5. The monoisotopic (exact) mass is 466 g/mol. The third kappa shape index (κ3) is 4.99. The number of ether oxygens (including phenoxy) is 2. The Kier molecular flexibility index (Phi) is 6.60. The molecule has 0 unspecified atom stereocenters. The Morgan fingerprint density at radius 2 is 1.82 bits per heavy atom. The number of carbonyl (C=O) groups excluding carboxylic acids is 2. The summed E-state index contributed by atoms with van der Waals surface area (Å²) in [7, 11) is 0. The second-order valence-corrected chi connectivity index (χ2v) is 7.56. The summed E-state index contributed by atoms with van der Waals surface area (Å²) in [5, 5.41) is 1.42. The minimum atomic E-state index is -0.524. The Morgan fingerprint density at radius 1 is 1.03 bits per heavy atom. The van der Waals surface area contributed by atoms with E-state index in [-0.39, 0.29) is 28.8 Å². The molecule has 3 aromatic rings. The highest BCUT2D eigenvalue weighted by Gasteiger charge is 2.34. The van der Waals surface area contributed by atoms with Crippen LogP contribution in [0.4, 0.5) is 10.1 Å². The maximum absolute atomic E-state index is 13.4. The van der Waals surface area contributed by atoms with Crippen LogP contribution in [0.2, 0.25) is 5.02 Å². The average Bonchev–Trinajstić information content (AvgIpc) is 3.08. The highest BCUT2D eigenvalue weighted by Crippen LogP contribution is 2.38. The zero-order chi connectivity index (χ0) is 23.4. The van der Waals surface area contributed by atoms with E-state index in [9.17, 15) is 14.0 Å². The summed E-state index contributed by atoms with van der Waals surface area (Å²) >= 11 is 6.45. The van der Waals surface area contributed by atoms with Gasteiger partial charge < -0.3 is 9.47 Å². The molecule has 1 fully saturated rings. The number of amides is 2. The molecule has 33 heavy (non-hydrogen) atoms. The standard InChI is InChI=1S/C25H20ClFN2O4/c1-2-32-22-14-17(13-21(26)23(22)33-15-16-7-6-8-18(27)11-16)12-20-24(30)28-29(25(20)31)19-9-4-3-5-10-19/h3-14H,2,15H2,1H3,(H,28,30)/b20-12-. The van der Waals surface area contributed by atoms with Gasteiger partial charge in [0.25, 0.3) is 11.8 Å². The quantitative estimate of drug-likeness (QED) is 0.396. The smallest absolute Gasteiger partial charge is 0.282 e. The topological polar surface area (TPSA) is 67.9 Å². The molecule has 0 saturated carbocycles. The first-order chi connectivity index (χ1) is 16.0. The molecule has 0 aliphatic carbocycles. The number of halogens is 2. The zero-order valence-electron chi connectivity index (χ0n) is 17.7. The zero-order valence-corrected chi connectivity index (χ0v) is 18.4. The number of anilines is 1. The van der Waals surface area contributed by atoms with Gasteiger partial charge in [0, 0.05) is 0 Å². The van der Waals surface area contributed by atoms with Crippen molar-refractivity contribution in [1.29, 1.82) is 0 Å². The molecule has 2 amide bonds. The van der Waals surface area contributed by atoms with E-state index in [0.717, 1.165) is 0 Å². The molecule has 4 rings (SSSR count). The van der Waals surface area contributed by atoms with Crippen molar-refractivity contribution in [3.8, 4) is 11.5 Å². The van der Waals surface area contributed by atoms with Crippen molar-refractivity contribution >= 4 is 35.2 Å². The largest absolute Gasteiger partial charge is 0.490 e. The number of nitrogens with one attached hydrogen (secondary N) is 1. The molecule has 3 aromatic carbocycles. The van der Waals surface area contributed by atoms with Crippen LogP contribution in [-0.4, -0.2) is 18.4 Å². The lowest BCUT2D eigenvalue weighted by molar-refractivity contribution is -0.117. The fourth-order valence-electron chi connectivity index (χ4n) is 3.34. The molecule has 1 saturated heterocycles. The minimum Gasteiger partial charge on any atom is -0.490 e. The van der Waals surface area contributed by atoms with Gasteiger partial charge in [0.15, 0.2) is 11.5 Å². The molecule has 0 atom stereocenters. The summed E-state index contributed by atoms with van der Waals surface area (Å²) in [6.45, 7) is 2.24. The van der Waals surface area contributed by atoms with Crippen LogP contribution in [-0.2, 0) is 16.2 Å². The van der Waals surface area contributed by atoms with E-state index >= 15 is 0 Å². The molecule has 1 aliphatic heterocycles. The Bertz CT molecular complexity index is 1230. The van der Waals surface area contributed by atoms with Crippen LogP contribution < -0.4 is 19.9 Å². The maximum atomic E-state index is 13.4. The van der Waals surface area contributed by atoms with E-state index in [1.54, 1.807) is 55.5 Å². The second-order valence-electron chi connectivity index (χ2n) is 7.16. The normalized spacial score (nSPS) is 14.5. The van der Waals surface area contributed by atoms with Crippen LogP contribution in [0.15, 0.2) is 72.3 Å². The molecule has 8 heteroatoms. The number of benzene rings is 3. The molecule has 6 nitrogen and oxygen atoms in total. The van der Waals surface area contributed by atoms with Gasteiger partial charge in [-0.2, -0.15) is 0 Å². The van der Waals surface area contributed by atoms with Crippen LogP contribution in [0, 0.1) is 5.82 Å². The number of carbonyl (C=O) groups is 2. The number of para-hydroxylation sites is 1. The number of hydrogen-bond acceptors (Lipinski definition) is 4. The van der Waals surface area contributed by atoms with E-state index in [2.05, 4.69) is 5.43 Å². The van der Waals surface area contributed by atoms with E-state index in [1.807, 2.05) is 6.07 Å². The molecule has 1 heterocycles. The molecule has 0 aromatic heterocycles. The molecule has 0 spiro atoms. The summed E-state index contributed by atoms with van der Waals surface area (Å²) < 4.78 is 24.9. The maximum Gasteiger partial charge on any atom is 0.282 e. The van der Waals surface area contributed by atoms with Gasteiger partial charge in [-0.1, -0.05) is 41.9 Å². The Labute approximate surface area is 195 Å². The summed E-state index contributed by atoms with van der Waals surface area (Å²) in [5.74, 6) is -0.730. The predicted molar refractivity (Wildman–Crippen MR) is 123 cm³/mol. The van der Waals surface area contributed by atoms with E-state index < -0.39 is 11.8 Å². The van der Waals surface area contributed by atoms with E-state index in [4.69, 9.17) is 21.1 Å². The molecular formula is C25H20ClFN2O4. The van der Waals surface area contributed by atoms with E-state index in [0.29, 0.717) is 29.2 Å². The molecule has 168 valence electrons. The lowest BCUT2D eigenvalue weighted by atomic mass is 10.1. The minimum absolute atomic E-state index is 0.0363. The van der Waals surface area contributed by atoms with Crippen molar-refractivity contribution in [3.05, 3.63) is 94.3 Å². The highest BCUT2D eigenvalue weighted by molar-refractivity contribution is 6.33. The van der Waals surface area contributed by atoms with Crippen molar-refractivity contribution in [2.45, 2.75) is 13.5 Å². The summed E-state index contributed by atoms with van der Waals surface area (Å²) in [6.07, 6.45) is 1.45. The third-order valence-corrected chi connectivity index (χ3v) is 5.10.